The predicted molar refractivity (Wildman–Crippen MR) is 90.0 cm³/mol. The molecule has 2 heterocycles. The minimum absolute atomic E-state index is 0.0431. The van der Waals surface area contributed by atoms with Crippen molar-refractivity contribution in [2.75, 3.05) is 26.4 Å². The van der Waals surface area contributed by atoms with Gasteiger partial charge in [-0.25, -0.2) is 0 Å². The van der Waals surface area contributed by atoms with Gasteiger partial charge in [-0.1, -0.05) is 12.1 Å². The van der Waals surface area contributed by atoms with Crippen molar-refractivity contribution in [1.82, 2.24) is 4.90 Å². The number of ether oxygens (including phenoxy) is 3. The van der Waals surface area contributed by atoms with Gasteiger partial charge in [-0.3, -0.25) is 4.79 Å². The topological polar surface area (TPSA) is 68.2 Å². The number of aliphatic hydroxyl groups is 1. The van der Waals surface area contributed by atoms with Crippen LogP contribution in [-0.2, 0) is 13.2 Å². The summed E-state index contributed by atoms with van der Waals surface area (Å²) in [4.78, 5) is 14.8. The smallest absolute Gasteiger partial charge is 0.258 e. The molecule has 2 aliphatic rings. The molecule has 0 bridgehead atoms. The second-order valence-corrected chi connectivity index (χ2v) is 6.01. The van der Waals surface area contributed by atoms with Gasteiger partial charge in [0.15, 0.2) is 11.5 Å². The Labute approximate surface area is 145 Å². The van der Waals surface area contributed by atoms with Crippen LogP contribution in [0.5, 0.6) is 17.2 Å². The lowest BCUT2D eigenvalue weighted by atomic mass is 10.1. The Bertz CT molecular complexity index is 804. The Kier molecular flexibility index (Phi) is 4.19. The third-order valence-electron chi connectivity index (χ3n) is 4.37. The zero-order chi connectivity index (χ0) is 17.2. The molecule has 6 heteroatoms. The number of hydrogen-bond donors (Lipinski definition) is 1. The first-order valence-corrected chi connectivity index (χ1v) is 8.29. The molecule has 0 unspecified atom stereocenters. The summed E-state index contributed by atoms with van der Waals surface area (Å²) >= 11 is 0. The molecular weight excluding hydrogens is 322 g/mol. The molecule has 1 amide bonds. The summed E-state index contributed by atoms with van der Waals surface area (Å²) in [5.74, 6) is 1.75. The van der Waals surface area contributed by atoms with Crippen molar-refractivity contribution in [3.63, 3.8) is 0 Å². The van der Waals surface area contributed by atoms with Crippen molar-refractivity contribution in [2.24, 2.45) is 0 Å². The third-order valence-corrected chi connectivity index (χ3v) is 4.37. The maximum atomic E-state index is 13.1. The monoisotopic (exact) mass is 341 g/mol. The third kappa shape index (κ3) is 3.00. The Morgan fingerprint density at radius 1 is 1.04 bits per heavy atom. The first kappa shape index (κ1) is 15.8. The van der Waals surface area contributed by atoms with Crippen LogP contribution >= 0.6 is 0 Å². The summed E-state index contributed by atoms with van der Waals surface area (Å²) in [7, 11) is 0. The molecule has 0 saturated carbocycles. The van der Waals surface area contributed by atoms with Gasteiger partial charge in [0.2, 0.25) is 0 Å². The number of fused-ring (bicyclic) bond motifs is 2. The number of carbonyl (C=O) groups is 1. The SMILES string of the molecule is O=C(c1cccc2c1OCCO2)N1CCOc2ccc(CO)cc2C1. The van der Waals surface area contributed by atoms with Crippen molar-refractivity contribution >= 4 is 5.91 Å². The van der Waals surface area contributed by atoms with Gasteiger partial charge in [0.25, 0.3) is 5.91 Å². The largest absolute Gasteiger partial charge is 0.491 e. The van der Waals surface area contributed by atoms with Crippen LogP contribution < -0.4 is 14.2 Å². The molecule has 0 aliphatic carbocycles. The van der Waals surface area contributed by atoms with E-state index in [9.17, 15) is 9.90 Å². The number of para-hydroxylation sites is 1. The molecule has 0 fully saturated rings. The standard InChI is InChI=1S/C19H19NO5/c21-12-13-4-5-16-14(10-13)11-20(6-7-23-16)19(22)15-2-1-3-17-18(15)25-9-8-24-17/h1-5,10,21H,6-9,11-12H2. The lowest BCUT2D eigenvalue weighted by Gasteiger charge is -2.24. The van der Waals surface area contributed by atoms with Crippen LogP contribution in [0.25, 0.3) is 0 Å². The highest BCUT2D eigenvalue weighted by molar-refractivity contribution is 5.98. The minimum Gasteiger partial charge on any atom is -0.491 e. The number of nitrogens with zero attached hydrogens (tertiary/aromatic N) is 1. The van der Waals surface area contributed by atoms with E-state index in [2.05, 4.69) is 0 Å². The summed E-state index contributed by atoms with van der Waals surface area (Å²) in [6.07, 6.45) is 0. The lowest BCUT2D eigenvalue weighted by Crippen LogP contribution is -2.33. The van der Waals surface area contributed by atoms with Crippen molar-refractivity contribution in [3.8, 4) is 17.2 Å². The number of rotatable bonds is 2. The van der Waals surface area contributed by atoms with E-state index in [4.69, 9.17) is 14.2 Å². The number of carbonyl (C=O) groups excluding carboxylic acids is 1. The summed E-state index contributed by atoms with van der Waals surface area (Å²) in [5, 5.41) is 9.34. The maximum absolute atomic E-state index is 13.1. The first-order chi connectivity index (χ1) is 12.3. The van der Waals surface area contributed by atoms with E-state index >= 15 is 0 Å². The second-order valence-electron chi connectivity index (χ2n) is 6.01. The summed E-state index contributed by atoms with van der Waals surface area (Å²) in [5.41, 5.74) is 2.18. The zero-order valence-corrected chi connectivity index (χ0v) is 13.7. The van der Waals surface area contributed by atoms with Crippen molar-refractivity contribution in [3.05, 3.63) is 53.1 Å². The molecule has 4 rings (SSSR count). The lowest BCUT2D eigenvalue weighted by molar-refractivity contribution is 0.0723. The molecule has 0 spiro atoms. The van der Waals surface area contributed by atoms with E-state index in [1.165, 1.54) is 0 Å². The quantitative estimate of drug-likeness (QED) is 0.905. The molecule has 2 aliphatic heterocycles. The van der Waals surface area contributed by atoms with Gasteiger partial charge in [0.1, 0.15) is 25.6 Å². The van der Waals surface area contributed by atoms with Crippen LogP contribution in [0, 0.1) is 0 Å². The fourth-order valence-electron chi connectivity index (χ4n) is 3.13. The highest BCUT2D eigenvalue weighted by Gasteiger charge is 2.26. The van der Waals surface area contributed by atoms with Crippen LogP contribution in [0.2, 0.25) is 0 Å². The number of benzene rings is 2. The van der Waals surface area contributed by atoms with Crippen molar-refractivity contribution < 1.29 is 24.1 Å². The van der Waals surface area contributed by atoms with Crippen LogP contribution in [0.3, 0.4) is 0 Å². The molecule has 0 atom stereocenters. The van der Waals surface area contributed by atoms with Crippen LogP contribution in [-0.4, -0.2) is 42.3 Å². The van der Waals surface area contributed by atoms with Gasteiger partial charge in [0.05, 0.1) is 18.7 Å². The fourth-order valence-corrected chi connectivity index (χ4v) is 3.13. The van der Waals surface area contributed by atoms with E-state index in [0.717, 1.165) is 16.9 Å². The van der Waals surface area contributed by atoms with E-state index < -0.39 is 0 Å². The summed E-state index contributed by atoms with van der Waals surface area (Å²) < 4.78 is 17.0. The average molecular weight is 341 g/mol. The van der Waals surface area contributed by atoms with Gasteiger partial charge in [-0.2, -0.15) is 0 Å². The van der Waals surface area contributed by atoms with E-state index in [0.29, 0.717) is 50.0 Å². The highest BCUT2D eigenvalue weighted by atomic mass is 16.6. The van der Waals surface area contributed by atoms with Crippen molar-refractivity contribution in [1.29, 1.82) is 0 Å². The fraction of sp³-hybridized carbons (Fsp3) is 0.316. The molecule has 1 N–H and O–H groups in total. The van der Waals surface area contributed by atoms with E-state index in [1.807, 2.05) is 18.2 Å². The molecule has 25 heavy (non-hydrogen) atoms. The Hall–Kier alpha value is -2.73. The molecule has 2 aromatic carbocycles. The molecule has 130 valence electrons. The van der Waals surface area contributed by atoms with Gasteiger partial charge >= 0.3 is 0 Å². The molecule has 0 saturated heterocycles. The maximum Gasteiger partial charge on any atom is 0.258 e. The van der Waals surface area contributed by atoms with Crippen molar-refractivity contribution in [2.45, 2.75) is 13.2 Å². The summed E-state index contributed by atoms with van der Waals surface area (Å²) in [6.45, 7) is 2.20. The van der Waals surface area contributed by atoms with Gasteiger partial charge < -0.3 is 24.2 Å². The van der Waals surface area contributed by atoms with Gasteiger partial charge in [0, 0.05) is 12.1 Å². The molecule has 0 aromatic heterocycles. The Morgan fingerprint density at radius 3 is 2.76 bits per heavy atom. The average Bonchev–Trinajstić information content (AvgIpc) is 2.88. The second kappa shape index (κ2) is 6.64. The number of amides is 1. The Morgan fingerprint density at radius 2 is 1.88 bits per heavy atom. The highest BCUT2D eigenvalue weighted by Crippen LogP contribution is 2.35. The van der Waals surface area contributed by atoms with E-state index in [-0.39, 0.29) is 12.5 Å². The Balaban J connectivity index is 1.64. The molecule has 0 radical (unpaired) electrons. The first-order valence-electron chi connectivity index (χ1n) is 8.29. The molecular formula is C19H19NO5. The summed E-state index contributed by atoms with van der Waals surface area (Å²) in [6, 6.07) is 10.9. The normalized spacial score (nSPS) is 15.8. The van der Waals surface area contributed by atoms with E-state index in [1.54, 1.807) is 23.1 Å². The molecule has 6 nitrogen and oxygen atoms in total. The number of hydrogen-bond acceptors (Lipinski definition) is 5. The predicted octanol–water partition coefficient (Wildman–Crippen LogP) is 1.98. The van der Waals surface area contributed by atoms with Gasteiger partial charge in [-0.15, -0.1) is 0 Å². The zero-order valence-electron chi connectivity index (χ0n) is 13.7. The van der Waals surface area contributed by atoms with Crippen LogP contribution in [0.4, 0.5) is 0 Å². The van der Waals surface area contributed by atoms with Crippen LogP contribution in [0.1, 0.15) is 21.5 Å². The molecule has 2 aromatic rings. The number of aliphatic hydroxyl groups excluding tert-OH is 1. The van der Waals surface area contributed by atoms with Gasteiger partial charge in [-0.05, 0) is 29.8 Å². The van der Waals surface area contributed by atoms with Crippen LogP contribution in [0.15, 0.2) is 36.4 Å². The minimum atomic E-state index is -0.117.